The van der Waals surface area contributed by atoms with Crippen LogP contribution >= 0.6 is 0 Å². The number of nitrogens with one attached hydrogen (secondary N) is 1. The monoisotopic (exact) mass is 614 g/mol. The van der Waals surface area contributed by atoms with Gasteiger partial charge in [-0.2, -0.15) is 13.2 Å². The Morgan fingerprint density at radius 2 is 1.95 bits per heavy atom. The summed E-state index contributed by atoms with van der Waals surface area (Å²) in [4.78, 5) is 28.7. The third-order valence-electron chi connectivity index (χ3n) is 8.55. The number of fused-ring (bicyclic) bond motifs is 1. The topological polar surface area (TPSA) is 92.7 Å². The van der Waals surface area contributed by atoms with E-state index in [9.17, 15) is 18.0 Å². The van der Waals surface area contributed by atoms with Crippen LogP contribution in [0.25, 0.3) is 0 Å². The van der Waals surface area contributed by atoms with Crippen molar-refractivity contribution in [1.29, 1.82) is 0 Å². The molecule has 3 aromatic rings. The summed E-state index contributed by atoms with van der Waals surface area (Å²) in [5, 5.41) is 3.46. The molecular formula is C31H34F4N6O3. The second-order valence-electron chi connectivity index (χ2n) is 12.2. The van der Waals surface area contributed by atoms with E-state index in [0.717, 1.165) is 48.9 Å². The van der Waals surface area contributed by atoms with E-state index < -0.39 is 36.2 Å². The summed E-state index contributed by atoms with van der Waals surface area (Å²) in [5.41, 5.74) is 1.92. The molecule has 13 heteroatoms. The summed E-state index contributed by atoms with van der Waals surface area (Å²) in [7, 11) is 0. The van der Waals surface area contributed by atoms with E-state index in [1.165, 1.54) is 38.5 Å². The number of para-hydroxylation sites is 1. The van der Waals surface area contributed by atoms with Gasteiger partial charge >= 0.3 is 6.18 Å². The Morgan fingerprint density at radius 3 is 2.68 bits per heavy atom. The first-order valence-corrected chi connectivity index (χ1v) is 14.7. The van der Waals surface area contributed by atoms with Crippen LogP contribution in [0, 0.1) is 11.2 Å². The van der Waals surface area contributed by atoms with Gasteiger partial charge in [0.25, 0.3) is 5.91 Å². The van der Waals surface area contributed by atoms with Crippen molar-refractivity contribution in [3.05, 3.63) is 65.6 Å². The lowest BCUT2D eigenvalue weighted by molar-refractivity contribution is -0.143. The van der Waals surface area contributed by atoms with Gasteiger partial charge in [0.2, 0.25) is 0 Å². The summed E-state index contributed by atoms with van der Waals surface area (Å²) in [6.45, 7) is 5.80. The highest BCUT2D eigenvalue weighted by molar-refractivity contribution is 5.97. The van der Waals surface area contributed by atoms with E-state index in [0.29, 0.717) is 23.8 Å². The molecule has 1 amide bonds. The quantitative estimate of drug-likeness (QED) is 0.334. The molecule has 2 aliphatic heterocycles. The van der Waals surface area contributed by atoms with Gasteiger partial charge in [-0.15, -0.1) is 0 Å². The molecule has 6 rings (SSSR count). The zero-order chi connectivity index (χ0) is 31.2. The average Bonchev–Trinajstić information content (AvgIpc) is 2.93. The Bertz CT molecular complexity index is 1540. The van der Waals surface area contributed by atoms with Crippen LogP contribution in [0.1, 0.15) is 61.3 Å². The maximum atomic E-state index is 15.1. The molecule has 2 aromatic heterocycles. The molecule has 1 spiro atoms. The fourth-order valence-corrected chi connectivity index (χ4v) is 6.46. The highest BCUT2D eigenvalue weighted by atomic mass is 19.4. The van der Waals surface area contributed by atoms with E-state index in [2.05, 4.69) is 27.2 Å². The van der Waals surface area contributed by atoms with E-state index in [4.69, 9.17) is 9.47 Å². The molecule has 1 unspecified atom stereocenters. The standard InChI is InChI=1S/C31H34F4N6O3/c1-18(2)41(16-31(33,34)35)29(42)21-5-4-6-22(32)27(21)44-25-13-36-17-39-28(25)40-14-30(15-40)11-20(12-30)43-24-8-10-38-23-7-9-37-19(3)26(23)24/h4-6,8,10,13,17-20,37H,7,9,11-12,14-16H2,1-3H3. The van der Waals surface area contributed by atoms with Gasteiger partial charge in [0, 0.05) is 55.3 Å². The van der Waals surface area contributed by atoms with Gasteiger partial charge in [-0.05, 0) is 51.8 Å². The maximum absolute atomic E-state index is 15.1. The number of pyridine rings is 1. The van der Waals surface area contributed by atoms with Crippen LogP contribution in [0.2, 0.25) is 0 Å². The van der Waals surface area contributed by atoms with Gasteiger partial charge in [0.15, 0.2) is 23.1 Å². The fraction of sp³-hybridized carbons (Fsp3) is 0.484. The van der Waals surface area contributed by atoms with Crippen molar-refractivity contribution in [2.75, 3.05) is 31.1 Å². The number of hydrogen-bond acceptors (Lipinski definition) is 8. The number of ether oxygens (including phenoxy) is 2. The minimum Gasteiger partial charge on any atom is -0.490 e. The SMILES string of the molecule is CC1NCCc2nccc(OC3CC4(C3)CN(c3ncncc3Oc3c(F)cccc3C(=O)N(CC(F)(F)F)C(C)C)C4)c21. The molecule has 2 fully saturated rings. The zero-order valence-electron chi connectivity index (χ0n) is 24.7. The molecule has 1 aliphatic carbocycles. The lowest BCUT2D eigenvalue weighted by atomic mass is 9.61. The van der Waals surface area contributed by atoms with Crippen LogP contribution in [-0.4, -0.2) is 70.3 Å². The van der Waals surface area contributed by atoms with Gasteiger partial charge < -0.3 is 24.6 Å². The molecular weight excluding hydrogens is 580 g/mol. The van der Waals surface area contributed by atoms with Crippen LogP contribution in [0.15, 0.2) is 43.0 Å². The third kappa shape index (κ3) is 5.89. The molecule has 44 heavy (non-hydrogen) atoms. The van der Waals surface area contributed by atoms with Gasteiger partial charge in [-0.25, -0.2) is 14.4 Å². The first-order chi connectivity index (χ1) is 20.9. The van der Waals surface area contributed by atoms with Crippen LogP contribution in [0.3, 0.4) is 0 Å². The number of alkyl halides is 3. The van der Waals surface area contributed by atoms with Crippen molar-refractivity contribution >= 4 is 11.7 Å². The normalized spacial score (nSPS) is 19.3. The summed E-state index contributed by atoms with van der Waals surface area (Å²) in [5.74, 6) is -0.962. The molecule has 9 nitrogen and oxygen atoms in total. The molecule has 1 atom stereocenters. The number of anilines is 1. The Hall–Kier alpha value is -4.00. The van der Waals surface area contributed by atoms with E-state index in [1.807, 2.05) is 11.0 Å². The molecule has 0 radical (unpaired) electrons. The number of hydrogen-bond donors (Lipinski definition) is 1. The Labute approximate surface area is 252 Å². The predicted molar refractivity (Wildman–Crippen MR) is 153 cm³/mol. The number of halogens is 4. The van der Waals surface area contributed by atoms with Crippen molar-refractivity contribution in [3.8, 4) is 17.2 Å². The first kappa shape index (κ1) is 30.0. The summed E-state index contributed by atoms with van der Waals surface area (Å²) < 4.78 is 67.1. The van der Waals surface area contributed by atoms with Crippen molar-refractivity contribution in [2.45, 2.75) is 64.4 Å². The Balaban J connectivity index is 1.14. The lowest BCUT2D eigenvalue weighted by Crippen LogP contribution is -2.65. The highest BCUT2D eigenvalue weighted by Crippen LogP contribution is 2.52. The smallest absolute Gasteiger partial charge is 0.406 e. The van der Waals surface area contributed by atoms with E-state index in [-0.39, 0.29) is 28.9 Å². The number of nitrogens with zero attached hydrogens (tertiary/aromatic N) is 5. The summed E-state index contributed by atoms with van der Waals surface area (Å²) in [6.07, 6.45) is 2.55. The zero-order valence-corrected chi connectivity index (χ0v) is 24.7. The number of benzene rings is 1. The largest absolute Gasteiger partial charge is 0.490 e. The second kappa shape index (κ2) is 11.5. The minimum absolute atomic E-state index is 0.0400. The molecule has 3 aliphatic rings. The number of rotatable bonds is 8. The van der Waals surface area contributed by atoms with E-state index >= 15 is 4.39 Å². The summed E-state index contributed by atoms with van der Waals surface area (Å²) in [6, 6.07) is 4.92. The van der Waals surface area contributed by atoms with Crippen molar-refractivity contribution in [1.82, 2.24) is 25.2 Å². The van der Waals surface area contributed by atoms with Crippen molar-refractivity contribution in [2.24, 2.45) is 5.41 Å². The molecule has 4 heterocycles. The molecule has 1 saturated carbocycles. The van der Waals surface area contributed by atoms with Crippen molar-refractivity contribution < 1.29 is 31.8 Å². The summed E-state index contributed by atoms with van der Waals surface area (Å²) >= 11 is 0. The Kier molecular flexibility index (Phi) is 7.85. The number of carbonyl (C=O) groups excluding carboxylic acids is 1. The average molecular weight is 615 g/mol. The number of carbonyl (C=O) groups is 1. The van der Waals surface area contributed by atoms with Crippen LogP contribution in [0.5, 0.6) is 17.2 Å². The third-order valence-corrected chi connectivity index (χ3v) is 8.55. The van der Waals surface area contributed by atoms with Crippen LogP contribution < -0.4 is 19.7 Å². The predicted octanol–water partition coefficient (Wildman–Crippen LogP) is 5.47. The van der Waals surface area contributed by atoms with Gasteiger partial charge in [-0.1, -0.05) is 6.07 Å². The van der Waals surface area contributed by atoms with Gasteiger partial charge in [-0.3, -0.25) is 9.78 Å². The minimum atomic E-state index is -4.62. The molecule has 1 N–H and O–H groups in total. The molecule has 0 bridgehead atoms. The van der Waals surface area contributed by atoms with E-state index in [1.54, 1.807) is 6.20 Å². The van der Waals surface area contributed by atoms with Crippen LogP contribution in [0.4, 0.5) is 23.4 Å². The van der Waals surface area contributed by atoms with Crippen LogP contribution in [-0.2, 0) is 6.42 Å². The van der Waals surface area contributed by atoms with Gasteiger partial charge in [0.05, 0.1) is 17.5 Å². The number of aromatic nitrogens is 3. The molecule has 1 aromatic carbocycles. The lowest BCUT2D eigenvalue weighted by Gasteiger charge is -2.59. The molecule has 234 valence electrons. The fourth-order valence-electron chi connectivity index (χ4n) is 6.46. The Morgan fingerprint density at radius 1 is 1.18 bits per heavy atom. The maximum Gasteiger partial charge on any atom is 0.406 e. The first-order valence-electron chi connectivity index (χ1n) is 14.7. The van der Waals surface area contributed by atoms with Gasteiger partial charge in [0.1, 0.15) is 24.7 Å². The second-order valence-corrected chi connectivity index (χ2v) is 12.2. The highest BCUT2D eigenvalue weighted by Gasteiger charge is 2.54. The molecule has 1 saturated heterocycles. The van der Waals surface area contributed by atoms with Crippen molar-refractivity contribution in [3.63, 3.8) is 0 Å². The number of amides is 1.